The smallest absolute Gasteiger partial charge is 0.187 e. The van der Waals surface area contributed by atoms with Crippen molar-refractivity contribution in [1.82, 2.24) is 0 Å². The molecule has 154 valence electrons. The van der Waals surface area contributed by atoms with Crippen molar-refractivity contribution in [3.63, 3.8) is 0 Å². The minimum absolute atomic E-state index is 0.263. The van der Waals surface area contributed by atoms with Gasteiger partial charge >= 0.3 is 0 Å². The van der Waals surface area contributed by atoms with Gasteiger partial charge in [-0.05, 0) is 5.56 Å². The van der Waals surface area contributed by atoms with E-state index in [1.165, 1.54) is 0 Å². The van der Waals surface area contributed by atoms with Gasteiger partial charge in [-0.25, -0.2) is 0 Å². The summed E-state index contributed by atoms with van der Waals surface area (Å²) in [6.07, 6.45) is -2.29. The number of ether oxygens (including phenoxy) is 5. The molecule has 0 radical (unpaired) electrons. The number of rotatable bonds is 7. The van der Waals surface area contributed by atoms with Crippen LogP contribution in [0.2, 0.25) is 0 Å². The lowest BCUT2D eigenvalue weighted by Crippen LogP contribution is -2.63. The van der Waals surface area contributed by atoms with Gasteiger partial charge in [0.2, 0.25) is 0 Å². The topological polar surface area (TPSA) is 66.4 Å². The van der Waals surface area contributed by atoms with Gasteiger partial charge in [-0.2, -0.15) is 0 Å². The van der Waals surface area contributed by atoms with Crippen molar-refractivity contribution < 1.29 is 28.8 Å². The molecule has 2 saturated heterocycles. The molecule has 2 aromatic carbocycles. The summed E-state index contributed by atoms with van der Waals surface area (Å²) in [7, 11) is 0. The molecule has 6 heteroatoms. The van der Waals surface area contributed by atoms with E-state index in [2.05, 4.69) is 6.58 Å². The molecular weight excluding hydrogens is 372 g/mol. The molecule has 2 heterocycles. The first-order valence-electron chi connectivity index (χ1n) is 9.80. The molecule has 0 bridgehead atoms. The number of hydrogen-bond donors (Lipinski definition) is 1. The number of aliphatic hydroxyl groups excluding tert-OH is 1. The van der Waals surface area contributed by atoms with Crippen LogP contribution in [-0.2, 0) is 30.3 Å². The Morgan fingerprint density at radius 1 is 1.00 bits per heavy atom. The van der Waals surface area contributed by atoms with E-state index in [0.717, 1.165) is 11.1 Å². The highest BCUT2D eigenvalue weighted by molar-refractivity contribution is 5.17. The van der Waals surface area contributed by atoms with Gasteiger partial charge in [-0.1, -0.05) is 66.7 Å². The summed E-state index contributed by atoms with van der Waals surface area (Å²) in [6, 6.07) is 19.5. The van der Waals surface area contributed by atoms with E-state index in [4.69, 9.17) is 23.7 Å². The maximum atomic E-state index is 10.9. The van der Waals surface area contributed by atoms with Gasteiger partial charge in [-0.15, -0.1) is 6.58 Å². The van der Waals surface area contributed by atoms with Crippen LogP contribution in [0.25, 0.3) is 0 Å². The van der Waals surface area contributed by atoms with Crippen LogP contribution in [0.15, 0.2) is 73.3 Å². The largest absolute Gasteiger partial charge is 0.385 e. The summed E-state index contributed by atoms with van der Waals surface area (Å²) in [5, 5.41) is 10.9. The second-order valence-electron chi connectivity index (χ2n) is 7.09. The Kier molecular flexibility index (Phi) is 6.71. The van der Waals surface area contributed by atoms with Gasteiger partial charge in [0.1, 0.15) is 24.4 Å². The van der Waals surface area contributed by atoms with E-state index >= 15 is 0 Å². The maximum Gasteiger partial charge on any atom is 0.187 e. The Labute approximate surface area is 170 Å². The van der Waals surface area contributed by atoms with Gasteiger partial charge in [0, 0.05) is 5.56 Å². The van der Waals surface area contributed by atoms with Gasteiger partial charge in [-0.3, -0.25) is 0 Å². The highest BCUT2D eigenvalue weighted by Gasteiger charge is 2.50. The Morgan fingerprint density at radius 3 is 2.45 bits per heavy atom. The Bertz CT molecular complexity index is 767. The normalized spacial score (nSPS) is 31.8. The summed E-state index contributed by atoms with van der Waals surface area (Å²) in [6.45, 7) is 4.57. The van der Waals surface area contributed by atoms with E-state index < -0.39 is 37.0 Å². The Hall–Kier alpha value is -2.06. The molecule has 1 unspecified atom stereocenters. The highest BCUT2D eigenvalue weighted by Crippen LogP contribution is 2.35. The summed E-state index contributed by atoms with van der Waals surface area (Å²) >= 11 is 0. The third-order valence-corrected chi connectivity index (χ3v) is 5.04. The molecule has 0 spiro atoms. The van der Waals surface area contributed by atoms with E-state index in [-0.39, 0.29) is 6.61 Å². The van der Waals surface area contributed by atoms with Crippen LogP contribution in [0.1, 0.15) is 17.4 Å². The first kappa shape index (κ1) is 20.2. The fraction of sp³-hybridized carbons (Fsp3) is 0.391. The van der Waals surface area contributed by atoms with Crippen LogP contribution in [0.5, 0.6) is 0 Å². The number of aliphatic hydroxyl groups is 1. The second kappa shape index (κ2) is 9.63. The summed E-state index contributed by atoms with van der Waals surface area (Å²) in [5.41, 5.74) is 1.92. The van der Waals surface area contributed by atoms with Crippen molar-refractivity contribution in [3.8, 4) is 0 Å². The molecule has 1 N–H and O–H groups in total. The molecule has 6 atom stereocenters. The summed E-state index contributed by atoms with van der Waals surface area (Å²) in [4.78, 5) is 0. The molecule has 4 rings (SSSR count). The predicted molar refractivity (Wildman–Crippen MR) is 106 cm³/mol. The van der Waals surface area contributed by atoms with E-state index in [1.54, 1.807) is 6.08 Å². The zero-order valence-corrected chi connectivity index (χ0v) is 16.1. The molecule has 0 amide bonds. The van der Waals surface area contributed by atoms with Gasteiger partial charge in [0.25, 0.3) is 0 Å². The summed E-state index contributed by atoms with van der Waals surface area (Å²) in [5.74, 6) is 0. The van der Waals surface area contributed by atoms with Crippen molar-refractivity contribution in [1.29, 1.82) is 0 Å². The highest BCUT2D eigenvalue weighted by atomic mass is 16.8. The fourth-order valence-corrected chi connectivity index (χ4v) is 3.60. The minimum Gasteiger partial charge on any atom is -0.385 e. The molecule has 0 saturated carbocycles. The van der Waals surface area contributed by atoms with Crippen LogP contribution >= 0.6 is 0 Å². The Morgan fingerprint density at radius 2 is 1.72 bits per heavy atom. The van der Waals surface area contributed by atoms with Crippen LogP contribution in [-0.4, -0.2) is 49.0 Å². The lowest BCUT2D eigenvalue weighted by atomic mass is 9.97. The molecule has 0 aromatic heterocycles. The van der Waals surface area contributed by atoms with E-state index in [9.17, 15) is 5.11 Å². The van der Waals surface area contributed by atoms with Crippen molar-refractivity contribution in [2.75, 3.05) is 13.2 Å². The molecule has 0 aliphatic carbocycles. The quantitative estimate of drug-likeness (QED) is 0.724. The average molecular weight is 398 g/mol. The molecule has 2 aliphatic heterocycles. The Balaban J connectivity index is 1.51. The van der Waals surface area contributed by atoms with Gasteiger partial charge < -0.3 is 28.8 Å². The zero-order chi connectivity index (χ0) is 20.1. The molecular formula is C23H26O6. The SMILES string of the molecule is C=CCO[C@@H]1O[C@@H]2COC(c3ccccc3)O[C@H]2[C@H](OCc2ccccc2)[C@H]1O. The molecule has 2 aliphatic rings. The van der Waals surface area contributed by atoms with Crippen LogP contribution < -0.4 is 0 Å². The second-order valence-corrected chi connectivity index (χ2v) is 7.09. The average Bonchev–Trinajstić information content (AvgIpc) is 2.78. The summed E-state index contributed by atoms with van der Waals surface area (Å²) < 4.78 is 29.7. The van der Waals surface area contributed by atoms with E-state index in [1.807, 2.05) is 60.7 Å². The van der Waals surface area contributed by atoms with Crippen molar-refractivity contribution in [2.45, 2.75) is 43.6 Å². The van der Waals surface area contributed by atoms with Crippen molar-refractivity contribution in [2.24, 2.45) is 0 Å². The lowest BCUT2D eigenvalue weighted by molar-refractivity contribution is -0.365. The maximum absolute atomic E-state index is 10.9. The predicted octanol–water partition coefficient (Wildman–Crippen LogP) is 2.97. The third-order valence-electron chi connectivity index (χ3n) is 5.04. The minimum atomic E-state index is -1.01. The van der Waals surface area contributed by atoms with Crippen molar-refractivity contribution in [3.05, 3.63) is 84.4 Å². The third kappa shape index (κ3) is 4.75. The molecule has 6 nitrogen and oxygen atoms in total. The first-order chi connectivity index (χ1) is 14.3. The van der Waals surface area contributed by atoms with Crippen LogP contribution in [0.4, 0.5) is 0 Å². The molecule has 2 fully saturated rings. The number of hydrogen-bond acceptors (Lipinski definition) is 6. The number of fused-ring (bicyclic) bond motifs is 1. The van der Waals surface area contributed by atoms with Crippen LogP contribution in [0, 0.1) is 0 Å². The standard InChI is InChI=1S/C23H26O6/c1-2-13-25-23-19(24)21(26-14-16-9-5-3-6-10-16)20-18(28-23)15-27-22(29-20)17-11-7-4-8-12-17/h2-12,18-24H,1,13-15H2/t18-,19-,20-,21-,22?,23-/m1/s1. The molecule has 29 heavy (non-hydrogen) atoms. The van der Waals surface area contributed by atoms with Gasteiger partial charge in [0.05, 0.1) is 19.8 Å². The number of benzene rings is 2. The molecule has 2 aromatic rings. The monoisotopic (exact) mass is 398 g/mol. The van der Waals surface area contributed by atoms with Crippen LogP contribution in [0.3, 0.4) is 0 Å². The lowest BCUT2D eigenvalue weighted by Gasteiger charge is -2.47. The van der Waals surface area contributed by atoms with Crippen molar-refractivity contribution >= 4 is 0 Å². The zero-order valence-electron chi connectivity index (χ0n) is 16.1. The first-order valence-corrected chi connectivity index (χ1v) is 9.80. The fourth-order valence-electron chi connectivity index (χ4n) is 3.60. The van der Waals surface area contributed by atoms with Gasteiger partial charge in [0.15, 0.2) is 12.6 Å². The van der Waals surface area contributed by atoms with E-state index in [0.29, 0.717) is 13.2 Å².